The Balaban J connectivity index is 2.26. The number of hydrogen-bond acceptors (Lipinski definition) is 3. The monoisotopic (exact) mass is 294 g/mol. The number of anilines is 1. The molecule has 104 valence electrons. The average molecular weight is 295 g/mol. The van der Waals surface area contributed by atoms with Crippen LogP contribution in [0.3, 0.4) is 0 Å². The van der Waals surface area contributed by atoms with E-state index in [4.69, 9.17) is 16.3 Å². The number of carbonyl (C=O) groups excluding carboxylic acids is 1. The van der Waals surface area contributed by atoms with Crippen molar-refractivity contribution in [1.29, 1.82) is 0 Å². The first-order chi connectivity index (χ1) is 9.51. The number of hydrogen-bond donors (Lipinski definition) is 1. The Bertz CT molecular complexity index is 662. The third-order valence-electron chi connectivity index (χ3n) is 2.64. The molecule has 0 aliphatic heterocycles. The Hall–Kier alpha value is -2.14. The molecule has 0 spiro atoms. The predicted molar refractivity (Wildman–Crippen MR) is 74.9 cm³/mol. The van der Waals surface area contributed by atoms with Gasteiger partial charge in [-0.1, -0.05) is 11.6 Å². The first kappa shape index (κ1) is 14.3. The quantitative estimate of drug-likeness (QED) is 0.882. The fourth-order valence-electron chi connectivity index (χ4n) is 1.64. The van der Waals surface area contributed by atoms with Gasteiger partial charge in [0.15, 0.2) is 5.15 Å². The lowest BCUT2D eigenvalue weighted by molar-refractivity contribution is 0.102. The molecule has 0 saturated carbocycles. The summed E-state index contributed by atoms with van der Waals surface area (Å²) in [5.74, 6) is -0.924. The number of rotatable bonds is 3. The van der Waals surface area contributed by atoms with Crippen molar-refractivity contribution in [1.82, 2.24) is 4.98 Å². The van der Waals surface area contributed by atoms with Crippen LogP contribution in [-0.4, -0.2) is 18.0 Å². The number of halogens is 2. The van der Waals surface area contributed by atoms with Crippen LogP contribution in [0.5, 0.6) is 5.75 Å². The summed E-state index contributed by atoms with van der Waals surface area (Å²) in [6.07, 6.45) is 1.58. The Morgan fingerprint density at radius 3 is 2.80 bits per heavy atom. The lowest BCUT2D eigenvalue weighted by Gasteiger charge is -2.09. The maximum Gasteiger partial charge on any atom is 0.258 e. The molecule has 1 N–H and O–H groups in total. The first-order valence-electron chi connectivity index (χ1n) is 5.78. The van der Waals surface area contributed by atoms with E-state index < -0.39 is 11.7 Å². The molecule has 1 heterocycles. The van der Waals surface area contributed by atoms with Gasteiger partial charge in [-0.05, 0) is 30.7 Å². The van der Waals surface area contributed by atoms with Crippen LogP contribution in [0.15, 0.2) is 30.5 Å². The number of benzene rings is 1. The maximum absolute atomic E-state index is 13.8. The van der Waals surface area contributed by atoms with Gasteiger partial charge in [-0.15, -0.1) is 0 Å². The van der Waals surface area contributed by atoms with Gasteiger partial charge in [0.25, 0.3) is 5.91 Å². The SMILES string of the molecule is COc1ccc(C(=O)Nc2cc(C)cnc2Cl)c(F)c1. The molecule has 0 aliphatic rings. The molecular formula is C14H12ClFN2O2. The highest BCUT2D eigenvalue weighted by Crippen LogP contribution is 2.22. The Kier molecular flexibility index (Phi) is 4.20. The van der Waals surface area contributed by atoms with Gasteiger partial charge in [-0.2, -0.15) is 0 Å². The first-order valence-corrected chi connectivity index (χ1v) is 6.16. The lowest BCUT2D eigenvalue weighted by Crippen LogP contribution is -2.14. The number of carbonyl (C=O) groups is 1. The van der Waals surface area contributed by atoms with Gasteiger partial charge >= 0.3 is 0 Å². The fraction of sp³-hybridized carbons (Fsp3) is 0.143. The zero-order valence-corrected chi connectivity index (χ0v) is 11.7. The molecule has 1 amide bonds. The number of aryl methyl sites for hydroxylation is 1. The van der Waals surface area contributed by atoms with Crippen molar-refractivity contribution in [2.24, 2.45) is 0 Å². The summed E-state index contributed by atoms with van der Waals surface area (Å²) in [4.78, 5) is 15.9. The molecule has 0 radical (unpaired) electrons. The average Bonchev–Trinajstić information content (AvgIpc) is 2.42. The maximum atomic E-state index is 13.8. The van der Waals surface area contributed by atoms with Crippen LogP contribution in [0, 0.1) is 12.7 Å². The summed E-state index contributed by atoms with van der Waals surface area (Å²) in [5, 5.41) is 2.68. The van der Waals surface area contributed by atoms with Gasteiger partial charge in [-0.25, -0.2) is 9.37 Å². The Labute approximate surface area is 120 Å². The number of ether oxygens (including phenoxy) is 1. The zero-order valence-electron chi connectivity index (χ0n) is 10.9. The van der Waals surface area contributed by atoms with Gasteiger partial charge in [0.1, 0.15) is 11.6 Å². The second-order valence-electron chi connectivity index (χ2n) is 4.15. The number of nitrogens with zero attached hydrogens (tertiary/aromatic N) is 1. The van der Waals surface area contributed by atoms with E-state index in [1.807, 2.05) is 6.92 Å². The van der Waals surface area contributed by atoms with E-state index in [9.17, 15) is 9.18 Å². The summed E-state index contributed by atoms with van der Waals surface area (Å²) in [6.45, 7) is 1.81. The molecule has 0 bridgehead atoms. The summed E-state index contributed by atoms with van der Waals surface area (Å²) >= 11 is 5.88. The van der Waals surface area contributed by atoms with Crippen molar-refractivity contribution in [3.63, 3.8) is 0 Å². The Morgan fingerprint density at radius 2 is 2.15 bits per heavy atom. The molecule has 2 aromatic rings. The number of methoxy groups -OCH3 is 1. The molecule has 0 saturated heterocycles. The van der Waals surface area contributed by atoms with Crippen LogP contribution >= 0.6 is 11.6 Å². The van der Waals surface area contributed by atoms with E-state index in [1.165, 1.54) is 19.2 Å². The molecule has 4 nitrogen and oxygen atoms in total. The van der Waals surface area contributed by atoms with Crippen LogP contribution in [0.25, 0.3) is 0 Å². The van der Waals surface area contributed by atoms with Gasteiger partial charge < -0.3 is 10.1 Å². The van der Waals surface area contributed by atoms with Crippen LogP contribution in [0.1, 0.15) is 15.9 Å². The molecule has 1 aromatic carbocycles. The lowest BCUT2D eigenvalue weighted by atomic mass is 10.2. The highest BCUT2D eigenvalue weighted by Gasteiger charge is 2.14. The van der Waals surface area contributed by atoms with Crippen molar-refractivity contribution < 1.29 is 13.9 Å². The highest BCUT2D eigenvalue weighted by molar-refractivity contribution is 6.32. The summed E-state index contributed by atoms with van der Waals surface area (Å²) in [6, 6.07) is 5.66. The zero-order chi connectivity index (χ0) is 14.7. The van der Waals surface area contributed by atoms with Crippen molar-refractivity contribution in [2.45, 2.75) is 6.92 Å². The number of amides is 1. The smallest absolute Gasteiger partial charge is 0.258 e. The second kappa shape index (κ2) is 5.88. The molecule has 1 aromatic heterocycles. The molecule has 6 heteroatoms. The summed E-state index contributed by atoms with van der Waals surface area (Å²) in [7, 11) is 1.42. The number of nitrogens with one attached hydrogen (secondary N) is 1. The number of aromatic nitrogens is 1. The third-order valence-corrected chi connectivity index (χ3v) is 2.95. The standard InChI is InChI=1S/C14H12ClFN2O2/c1-8-5-12(13(15)17-7-8)18-14(19)10-4-3-9(20-2)6-11(10)16/h3-7H,1-2H3,(H,18,19). The minimum absolute atomic E-state index is 0.0941. The van der Waals surface area contributed by atoms with E-state index in [1.54, 1.807) is 12.3 Å². The molecule has 2 rings (SSSR count). The largest absolute Gasteiger partial charge is 0.497 e. The van der Waals surface area contributed by atoms with Crippen LogP contribution < -0.4 is 10.1 Å². The topological polar surface area (TPSA) is 51.2 Å². The normalized spacial score (nSPS) is 10.2. The van der Waals surface area contributed by atoms with Gasteiger partial charge in [0.05, 0.1) is 18.4 Å². The molecule has 0 atom stereocenters. The molecule has 0 unspecified atom stereocenters. The van der Waals surface area contributed by atoms with E-state index in [2.05, 4.69) is 10.3 Å². The van der Waals surface area contributed by atoms with Gasteiger partial charge in [0, 0.05) is 12.3 Å². The molecule has 20 heavy (non-hydrogen) atoms. The van der Waals surface area contributed by atoms with E-state index in [0.29, 0.717) is 11.4 Å². The van der Waals surface area contributed by atoms with Crippen LogP contribution in [0.4, 0.5) is 10.1 Å². The minimum atomic E-state index is -0.668. The third kappa shape index (κ3) is 3.05. The number of pyridine rings is 1. The van der Waals surface area contributed by atoms with Crippen LogP contribution in [-0.2, 0) is 0 Å². The molecule has 0 fully saturated rings. The highest BCUT2D eigenvalue weighted by atomic mass is 35.5. The predicted octanol–water partition coefficient (Wildman–Crippen LogP) is 3.44. The summed E-state index contributed by atoms with van der Waals surface area (Å²) in [5.41, 5.74) is 1.08. The Morgan fingerprint density at radius 1 is 1.40 bits per heavy atom. The second-order valence-corrected chi connectivity index (χ2v) is 4.51. The van der Waals surface area contributed by atoms with E-state index in [-0.39, 0.29) is 10.7 Å². The molecule has 0 aliphatic carbocycles. The van der Waals surface area contributed by atoms with Crippen molar-refractivity contribution in [2.75, 3.05) is 12.4 Å². The van der Waals surface area contributed by atoms with Crippen molar-refractivity contribution in [3.8, 4) is 5.75 Å². The van der Waals surface area contributed by atoms with Crippen molar-refractivity contribution in [3.05, 3.63) is 52.6 Å². The van der Waals surface area contributed by atoms with Crippen LogP contribution in [0.2, 0.25) is 5.15 Å². The van der Waals surface area contributed by atoms with E-state index in [0.717, 1.165) is 11.6 Å². The minimum Gasteiger partial charge on any atom is -0.497 e. The van der Waals surface area contributed by atoms with Gasteiger partial charge in [-0.3, -0.25) is 4.79 Å². The fourth-order valence-corrected chi connectivity index (χ4v) is 1.79. The van der Waals surface area contributed by atoms with Crippen molar-refractivity contribution >= 4 is 23.2 Å². The summed E-state index contributed by atoms with van der Waals surface area (Å²) < 4.78 is 18.7. The molecular weight excluding hydrogens is 283 g/mol. The van der Waals surface area contributed by atoms with E-state index >= 15 is 0 Å². The van der Waals surface area contributed by atoms with Gasteiger partial charge in [0.2, 0.25) is 0 Å².